The highest BCUT2D eigenvalue weighted by atomic mass is 16.5. The minimum Gasteiger partial charge on any atom is -0.378 e. The Morgan fingerprint density at radius 2 is 2.29 bits per heavy atom. The van der Waals surface area contributed by atoms with Crippen LogP contribution in [0, 0.1) is 0 Å². The second kappa shape index (κ2) is 4.11. The van der Waals surface area contributed by atoms with Crippen LogP contribution in [-0.2, 0) is 11.2 Å². The molecule has 4 heteroatoms. The highest BCUT2D eigenvalue weighted by Gasteiger charge is 2.32. The van der Waals surface area contributed by atoms with Crippen LogP contribution in [0.2, 0.25) is 0 Å². The van der Waals surface area contributed by atoms with Crippen LogP contribution in [-0.4, -0.2) is 35.8 Å². The van der Waals surface area contributed by atoms with Gasteiger partial charge in [0, 0.05) is 25.4 Å². The molecule has 0 aromatic carbocycles. The summed E-state index contributed by atoms with van der Waals surface area (Å²) in [5.41, 5.74) is 1.17. The van der Waals surface area contributed by atoms with Gasteiger partial charge in [-0.1, -0.05) is 0 Å². The highest BCUT2D eigenvalue weighted by molar-refractivity contribution is 5.02. The fraction of sp³-hybridized carbons (Fsp3) is 0.700. The van der Waals surface area contributed by atoms with E-state index in [1.807, 2.05) is 13.3 Å². The summed E-state index contributed by atoms with van der Waals surface area (Å²) in [6.45, 7) is 2.09. The van der Waals surface area contributed by atoms with Gasteiger partial charge in [-0.05, 0) is 25.9 Å². The average molecular weight is 195 g/mol. The van der Waals surface area contributed by atoms with Crippen molar-refractivity contribution in [3.05, 3.63) is 18.2 Å². The van der Waals surface area contributed by atoms with Crippen molar-refractivity contribution in [1.29, 1.82) is 0 Å². The predicted octanol–water partition coefficient (Wildman–Crippen LogP) is 0.721. The monoisotopic (exact) mass is 195 g/mol. The van der Waals surface area contributed by atoms with E-state index in [1.165, 1.54) is 0 Å². The predicted molar refractivity (Wildman–Crippen MR) is 54.1 cm³/mol. The Balaban J connectivity index is 2.04. The van der Waals surface area contributed by atoms with E-state index in [-0.39, 0.29) is 5.60 Å². The first-order valence-electron chi connectivity index (χ1n) is 5.08. The molecule has 1 aliphatic rings. The molecule has 1 aromatic heterocycles. The molecule has 0 radical (unpaired) electrons. The Kier molecular flexibility index (Phi) is 2.84. The summed E-state index contributed by atoms with van der Waals surface area (Å²) >= 11 is 0. The lowest BCUT2D eigenvalue weighted by molar-refractivity contribution is -0.0339. The van der Waals surface area contributed by atoms with Gasteiger partial charge in [0.05, 0.1) is 11.9 Å². The molecule has 78 valence electrons. The zero-order chi connectivity index (χ0) is 9.86. The summed E-state index contributed by atoms with van der Waals surface area (Å²) < 4.78 is 5.66. The number of rotatable bonds is 3. The average Bonchev–Trinajstić information content (AvgIpc) is 2.72. The molecule has 0 unspecified atom stereocenters. The van der Waals surface area contributed by atoms with E-state index in [0.717, 1.165) is 38.0 Å². The van der Waals surface area contributed by atoms with E-state index in [2.05, 4.69) is 15.3 Å². The van der Waals surface area contributed by atoms with Crippen LogP contribution in [0.5, 0.6) is 0 Å². The van der Waals surface area contributed by atoms with Gasteiger partial charge < -0.3 is 15.0 Å². The van der Waals surface area contributed by atoms with Crippen molar-refractivity contribution in [2.75, 3.05) is 20.2 Å². The molecule has 0 bridgehead atoms. The van der Waals surface area contributed by atoms with Crippen LogP contribution < -0.4 is 5.32 Å². The van der Waals surface area contributed by atoms with Crippen LogP contribution in [0.15, 0.2) is 12.5 Å². The standard InChI is InChI=1S/C10H17N3O/c1-14-10(2-4-11-5-3-10)6-9-7-12-8-13-9/h7-8,11H,2-6H2,1H3,(H,12,13). The van der Waals surface area contributed by atoms with Crippen LogP contribution in [0.25, 0.3) is 0 Å². The Labute approximate surface area is 84.1 Å². The van der Waals surface area contributed by atoms with Crippen molar-refractivity contribution in [3.63, 3.8) is 0 Å². The van der Waals surface area contributed by atoms with E-state index in [4.69, 9.17) is 4.74 Å². The first kappa shape index (κ1) is 9.68. The van der Waals surface area contributed by atoms with Gasteiger partial charge in [0.1, 0.15) is 0 Å². The zero-order valence-electron chi connectivity index (χ0n) is 8.55. The molecule has 0 saturated carbocycles. The van der Waals surface area contributed by atoms with Crippen LogP contribution in [0.4, 0.5) is 0 Å². The maximum atomic E-state index is 5.66. The summed E-state index contributed by atoms with van der Waals surface area (Å²) in [7, 11) is 1.81. The second-order valence-electron chi connectivity index (χ2n) is 3.89. The molecule has 0 aliphatic carbocycles. The number of nitrogens with zero attached hydrogens (tertiary/aromatic N) is 1. The molecular formula is C10H17N3O. The lowest BCUT2D eigenvalue weighted by Crippen LogP contribution is -2.45. The van der Waals surface area contributed by atoms with E-state index in [1.54, 1.807) is 6.33 Å². The minimum atomic E-state index is 0.0117. The Bertz CT molecular complexity index is 265. The summed E-state index contributed by atoms with van der Waals surface area (Å²) in [4.78, 5) is 7.16. The Morgan fingerprint density at radius 1 is 1.50 bits per heavy atom. The fourth-order valence-corrected chi connectivity index (χ4v) is 2.06. The Morgan fingerprint density at radius 3 is 2.86 bits per heavy atom. The number of imidazole rings is 1. The molecule has 1 fully saturated rings. The zero-order valence-corrected chi connectivity index (χ0v) is 8.55. The quantitative estimate of drug-likeness (QED) is 0.747. The number of piperidine rings is 1. The second-order valence-corrected chi connectivity index (χ2v) is 3.89. The number of methoxy groups -OCH3 is 1. The van der Waals surface area contributed by atoms with Gasteiger partial charge in [0.25, 0.3) is 0 Å². The fourth-order valence-electron chi connectivity index (χ4n) is 2.06. The van der Waals surface area contributed by atoms with Gasteiger partial charge in [-0.25, -0.2) is 4.98 Å². The van der Waals surface area contributed by atoms with Crippen LogP contribution in [0.1, 0.15) is 18.5 Å². The molecule has 1 aliphatic heterocycles. The summed E-state index contributed by atoms with van der Waals surface area (Å²) in [5, 5.41) is 3.35. The van der Waals surface area contributed by atoms with Gasteiger partial charge in [-0.2, -0.15) is 0 Å². The highest BCUT2D eigenvalue weighted by Crippen LogP contribution is 2.26. The van der Waals surface area contributed by atoms with E-state index >= 15 is 0 Å². The third-order valence-corrected chi connectivity index (χ3v) is 3.02. The number of nitrogens with one attached hydrogen (secondary N) is 2. The third kappa shape index (κ3) is 1.96. The molecule has 2 rings (SSSR count). The largest absolute Gasteiger partial charge is 0.378 e. The molecule has 1 aromatic rings. The molecule has 0 spiro atoms. The Hall–Kier alpha value is -0.870. The third-order valence-electron chi connectivity index (χ3n) is 3.02. The molecule has 1 saturated heterocycles. The molecule has 2 heterocycles. The molecule has 0 atom stereocenters. The first-order chi connectivity index (χ1) is 6.85. The molecule has 4 nitrogen and oxygen atoms in total. The molecular weight excluding hydrogens is 178 g/mol. The number of ether oxygens (including phenoxy) is 1. The van der Waals surface area contributed by atoms with Gasteiger partial charge >= 0.3 is 0 Å². The van der Waals surface area contributed by atoms with Crippen molar-refractivity contribution in [3.8, 4) is 0 Å². The number of hydrogen-bond donors (Lipinski definition) is 2. The van der Waals surface area contributed by atoms with Gasteiger partial charge in [-0.15, -0.1) is 0 Å². The maximum absolute atomic E-state index is 5.66. The first-order valence-corrected chi connectivity index (χ1v) is 5.08. The van der Waals surface area contributed by atoms with Crippen molar-refractivity contribution in [1.82, 2.24) is 15.3 Å². The molecule has 0 amide bonds. The summed E-state index contributed by atoms with van der Waals surface area (Å²) in [6.07, 6.45) is 6.68. The topological polar surface area (TPSA) is 49.9 Å². The van der Waals surface area contributed by atoms with Gasteiger partial charge in [-0.3, -0.25) is 0 Å². The van der Waals surface area contributed by atoms with E-state index < -0.39 is 0 Å². The van der Waals surface area contributed by atoms with E-state index in [9.17, 15) is 0 Å². The maximum Gasteiger partial charge on any atom is 0.0921 e. The van der Waals surface area contributed by atoms with Crippen molar-refractivity contribution in [2.24, 2.45) is 0 Å². The number of hydrogen-bond acceptors (Lipinski definition) is 3. The van der Waals surface area contributed by atoms with Crippen LogP contribution >= 0.6 is 0 Å². The summed E-state index contributed by atoms with van der Waals surface area (Å²) in [5.74, 6) is 0. The number of aromatic nitrogens is 2. The van der Waals surface area contributed by atoms with Crippen molar-refractivity contribution >= 4 is 0 Å². The molecule has 2 N–H and O–H groups in total. The van der Waals surface area contributed by atoms with Gasteiger partial charge in [0.15, 0.2) is 0 Å². The number of aromatic amines is 1. The SMILES string of the molecule is COC1(Cc2cnc[nH]2)CCNCC1. The normalized spacial score (nSPS) is 20.9. The van der Waals surface area contributed by atoms with Crippen molar-refractivity contribution < 1.29 is 4.74 Å². The lowest BCUT2D eigenvalue weighted by Gasteiger charge is -2.36. The summed E-state index contributed by atoms with van der Waals surface area (Å²) in [6, 6.07) is 0. The van der Waals surface area contributed by atoms with Gasteiger partial charge in [0.2, 0.25) is 0 Å². The van der Waals surface area contributed by atoms with E-state index in [0.29, 0.717) is 0 Å². The number of H-pyrrole nitrogens is 1. The molecule has 14 heavy (non-hydrogen) atoms. The minimum absolute atomic E-state index is 0.0117. The smallest absolute Gasteiger partial charge is 0.0921 e. The lowest BCUT2D eigenvalue weighted by atomic mass is 9.87. The van der Waals surface area contributed by atoms with Crippen molar-refractivity contribution in [2.45, 2.75) is 24.9 Å². The van der Waals surface area contributed by atoms with Crippen LogP contribution in [0.3, 0.4) is 0 Å².